The molecule has 0 aliphatic rings. The van der Waals surface area contributed by atoms with Crippen LogP contribution in [0, 0.1) is 10.1 Å². The van der Waals surface area contributed by atoms with E-state index in [4.69, 9.17) is 4.74 Å². The molecular formula is C13H15BrN4O3. The zero-order valence-electron chi connectivity index (χ0n) is 11.9. The number of hydrogen-bond donors (Lipinski definition) is 0. The van der Waals surface area contributed by atoms with Gasteiger partial charge in [0.2, 0.25) is 0 Å². The maximum atomic E-state index is 10.9. The molecule has 2 rings (SSSR count). The van der Waals surface area contributed by atoms with Gasteiger partial charge in [0.05, 0.1) is 29.0 Å². The number of halogens is 1. The molecule has 0 unspecified atom stereocenters. The van der Waals surface area contributed by atoms with Gasteiger partial charge in [-0.3, -0.25) is 10.1 Å². The largest absolute Gasteiger partial charge is 0.496 e. The van der Waals surface area contributed by atoms with Crippen molar-refractivity contribution in [2.45, 2.75) is 25.2 Å². The summed E-state index contributed by atoms with van der Waals surface area (Å²) in [6, 6.07) is 4.62. The Morgan fingerprint density at radius 3 is 2.67 bits per heavy atom. The Hall–Kier alpha value is -1.96. The molecule has 1 aromatic heterocycles. The summed E-state index contributed by atoms with van der Waals surface area (Å²) in [5.74, 6) is 1.83. The molecule has 0 aliphatic carbocycles. The van der Waals surface area contributed by atoms with E-state index >= 15 is 0 Å². The molecule has 1 heterocycles. The maximum absolute atomic E-state index is 10.9. The second kappa shape index (κ2) is 6.21. The van der Waals surface area contributed by atoms with E-state index in [0.717, 1.165) is 5.82 Å². The first-order valence-corrected chi connectivity index (χ1v) is 7.44. The molecule has 21 heavy (non-hydrogen) atoms. The molecule has 0 N–H and O–H groups in total. The van der Waals surface area contributed by atoms with Gasteiger partial charge in [0.15, 0.2) is 5.82 Å². The Bertz CT molecular complexity index is 669. The van der Waals surface area contributed by atoms with Crippen LogP contribution in [-0.2, 0) is 5.33 Å². The maximum Gasteiger partial charge on any atom is 0.273 e. The van der Waals surface area contributed by atoms with Gasteiger partial charge in [-0.1, -0.05) is 15.9 Å². The highest BCUT2D eigenvalue weighted by Gasteiger charge is 2.20. The molecule has 112 valence electrons. The third-order valence-electron chi connectivity index (χ3n) is 3.04. The van der Waals surface area contributed by atoms with E-state index in [2.05, 4.69) is 26.1 Å². The Balaban J connectivity index is 2.61. The highest BCUT2D eigenvalue weighted by atomic mass is 79.9. The summed E-state index contributed by atoms with van der Waals surface area (Å²) in [5.41, 5.74) is 0.656. The van der Waals surface area contributed by atoms with Crippen molar-refractivity contribution in [2.75, 3.05) is 7.11 Å². The summed E-state index contributed by atoms with van der Waals surface area (Å²) >= 11 is 3.38. The lowest BCUT2D eigenvalue weighted by atomic mass is 10.1. The normalized spacial score (nSPS) is 10.9. The van der Waals surface area contributed by atoms with Crippen LogP contribution < -0.4 is 4.74 Å². The molecule has 0 spiro atoms. The van der Waals surface area contributed by atoms with Gasteiger partial charge < -0.3 is 9.30 Å². The molecule has 0 saturated carbocycles. The van der Waals surface area contributed by atoms with E-state index < -0.39 is 4.92 Å². The molecule has 0 saturated heterocycles. The minimum absolute atomic E-state index is 0.0214. The lowest BCUT2D eigenvalue weighted by Gasteiger charge is -2.14. The van der Waals surface area contributed by atoms with Gasteiger partial charge in [0, 0.05) is 12.1 Å². The number of non-ortho nitro benzene ring substituents is 1. The van der Waals surface area contributed by atoms with Gasteiger partial charge in [-0.2, -0.15) is 0 Å². The number of nitrogens with zero attached hydrogens (tertiary/aromatic N) is 4. The Morgan fingerprint density at radius 2 is 2.14 bits per heavy atom. The van der Waals surface area contributed by atoms with E-state index in [-0.39, 0.29) is 11.7 Å². The third-order valence-corrected chi connectivity index (χ3v) is 3.54. The van der Waals surface area contributed by atoms with Gasteiger partial charge in [0.25, 0.3) is 5.69 Å². The topological polar surface area (TPSA) is 83.1 Å². The van der Waals surface area contributed by atoms with Crippen LogP contribution in [0.25, 0.3) is 11.4 Å². The number of nitro benzene ring substituents is 1. The molecule has 0 amide bonds. The number of methoxy groups -OCH3 is 1. The molecule has 1 aromatic carbocycles. The van der Waals surface area contributed by atoms with E-state index in [1.807, 2.05) is 18.4 Å². The SMILES string of the molecule is COc1cc([N+](=O)[O-])ccc1-c1nnc(CBr)n1C(C)C. The summed E-state index contributed by atoms with van der Waals surface area (Å²) in [7, 11) is 1.48. The monoisotopic (exact) mass is 354 g/mol. The van der Waals surface area contributed by atoms with Crippen LogP contribution in [0.2, 0.25) is 0 Å². The molecule has 7 nitrogen and oxygen atoms in total. The molecule has 8 heteroatoms. The minimum atomic E-state index is -0.455. The lowest BCUT2D eigenvalue weighted by molar-refractivity contribution is -0.384. The van der Waals surface area contributed by atoms with E-state index in [0.29, 0.717) is 22.5 Å². The summed E-state index contributed by atoms with van der Waals surface area (Å²) in [6.07, 6.45) is 0. The predicted molar refractivity (Wildman–Crippen MR) is 81.7 cm³/mol. The summed E-state index contributed by atoms with van der Waals surface area (Å²) < 4.78 is 7.24. The summed E-state index contributed by atoms with van der Waals surface area (Å²) in [6.45, 7) is 4.05. The highest BCUT2D eigenvalue weighted by molar-refractivity contribution is 9.08. The van der Waals surface area contributed by atoms with Crippen LogP contribution in [0.5, 0.6) is 5.75 Å². The van der Waals surface area contributed by atoms with Gasteiger partial charge in [0.1, 0.15) is 11.6 Å². The van der Waals surface area contributed by atoms with Crippen molar-refractivity contribution >= 4 is 21.6 Å². The number of rotatable bonds is 5. The minimum Gasteiger partial charge on any atom is -0.496 e. The van der Waals surface area contributed by atoms with E-state index in [1.54, 1.807) is 6.07 Å². The third kappa shape index (κ3) is 2.90. The zero-order valence-corrected chi connectivity index (χ0v) is 13.5. The first-order valence-electron chi connectivity index (χ1n) is 6.32. The van der Waals surface area contributed by atoms with Gasteiger partial charge >= 0.3 is 0 Å². The quantitative estimate of drug-likeness (QED) is 0.467. The first-order chi connectivity index (χ1) is 9.99. The Morgan fingerprint density at radius 1 is 1.43 bits per heavy atom. The molecule has 2 aromatic rings. The first kappa shape index (κ1) is 15.4. The van der Waals surface area contributed by atoms with Crippen molar-refractivity contribution in [3.8, 4) is 17.1 Å². The second-order valence-electron chi connectivity index (χ2n) is 4.68. The number of hydrogen-bond acceptors (Lipinski definition) is 5. The van der Waals surface area contributed by atoms with Crippen molar-refractivity contribution in [3.63, 3.8) is 0 Å². The average molecular weight is 355 g/mol. The fraction of sp³-hybridized carbons (Fsp3) is 0.385. The number of nitro groups is 1. The van der Waals surface area contributed by atoms with Crippen molar-refractivity contribution in [1.29, 1.82) is 0 Å². The van der Waals surface area contributed by atoms with Gasteiger partial charge in [-0.15, -0.1) is 10.2 Å². The highest BCUT2D eigenvalue weighted by Crippen LogP contribution is 2.34. The molecule has 0 aliphatic heterocycles. The van der Waals surface area contributed by atoms with Crippen molar-refractivity contribution in [2.24, 2.45) is 0 Å². The predicted octanol–water partition coefficient (Wildman–Crippen LogP) is 3.34. The second-order valence-corrected chi connectivity index (χ2v) is 5.24. The van der Waals surface area contributed by atoms with Crippen LogP contribution in [0.4, 0.5) is 5.69 Å². The smallest absolute Gasteiger partial charge is 0.273 e. The lowest BCUT2D eigenvalue weighted by Crippen LogP contribution is -2.07. The Labute approximate surface area is 130 Å². The summed E-state index contributed by atoms with van der Waals surface area (Å²) in [5, 5.41) is 19.8. The number of benzene rings is 1. The number of aromatic nitrogens is 3. The van der Waals surface area contributed by atoms with Crippen LogP contribution in [0.3, 0.4) is 0 Å². The zero-order chi connectivity index (χ0) is 15.6. The van der Waals surface area contributed by atoms with Crippen molar-refractivity contribution in [3.05, 3.63) is 34.1 Å². The molecular weight excluding hydrogens is 340 g/mol. The molecule has 0 radical (unpaired) electrons. The van der Waals surface area contributed by atoms with Crippen LogP contribution >= 0.6 is 15.9 Å². The van der Waals surface area contributed by atoms with Crippen molar-refractivity contribution in [1.82, 2.24) is 14.8 Å². The van der Waals surface area contributed by atoms with Crippen LogP contribution in [-0.4, -0.2) is 26.8 Å². The van der Waals surface area contributed by atoms with Crippen molar-refractivity contribution < 1.29 is 9.66 Å². The van der Waals surface area contributed by atoms with E-state index in [1.165, 1.54) is 19.2 Å². The van der Waals surface area contributed by atoms with Gasteiger partial charge in [-0.05, 0) is 19.9 Å². The number of alkyl halides is 1. The summed E-state index contributed by atoms with van der Waals surface area (Å²) in [4.78, 5) is 10.4. The average Bonchev–Trinajstić information content (AvgIpc) is 2.90. The van der Waals surface area contributed by atoms with Gasteiger partial charge in [-0.25, -0.2) is 0 Å². The van der Waals surface area contributed by atoms with E-state index in [9.17, 15) is 10.1 Å². The fourth-order valence-corrected chi connectivity index (χ4v) is 2.50. The van der Waals surface area contributed by atoms with Crippen LogP contribution in [0.1, 0.15) is 25.7 Å². The molecule has 0 atom stereocenters. The molecule has 0 bridgehead atoms. The molecule has 0 fully saturated rings. The van der Waals surface area contributed by atoms with Crippen LogP contribution in [0.15, 0.2) is 18.2 Å². The fourth-order valence-electron chi connectivity index (χ4n) is 2.12. The Kier molecular flexibility index (Phi) is 4.56. The number of ether oxygens (including phenoxy) is 1. The standard InChI is InChI=1S/C13H15BrN4O3/c1-8(2)17-12(7-14)15-16-13(17)10-5-4-9(18(19)20)6-11(10)21-3/h4-6,8H,7H2,1-3H3.